The van der Waals surface area contributed by atoms with Gasteiger partial charge in [0.2, 0.25) is 5.89 Å². The molecule has 1 aromatic heterocycles. The van der Waals surface area contributed by atoms with Crippen LogP contribution in [0, 0.1) is 6.92 Å². The summed E-state index contributed by atoms with van der Waals surface area (Å²) < 4.78 is 5.50. The molecule has 0 fully saturated rings. The van der Waals surface area contributed by atoms with Crippen molar-refractivity contribution in [2.75, 3.05) is 17.8 Å². The molecule has 17 heavy (non-hydrogen) atoms. The number of aryl methyl sites for hydroxylation is 2. The number of anilines is 2. The molecular formula is C12H14ClN3O. The van der Waals surface area contributed by atoms with Gasteiger partial charge in [-0.05, 0) is 24.6 Å². The third-order valence-corrected chi connectivity index (χ3v) is 2.63. The molecular weight excluding hydrogens is 238 g/mol. The molecule has 1 heterocycles. The second kappa shape index (κ2) is 5.19. The van der Waals surface area contributed by atoms with Gasteiger partial charge in [0, 0.05) is 25.0 Å². The lowest BCUT2D eigenvalue weighted by Crippen LogP contribution is -2.09. The molecule has 0 radical (unpaired) electrons. The standard InChI is InChI=1S/C12H14ClN3O/c1-9-4-3-5-10(8-9)16(2)12-15-14-11(17-12)6-7-13/h3-5,8H,6-7H2,1-2H3. The predicted molar refractivity (Wildman–Crippen MR) is 68.0 cm³/mol. The predicted octanol–water partition coefficient (Wildman–Crippen LogP) is 2.93. The van der Waals surface area contributed by atoms with Crippen molar-refractivity contribution in [1.82, 2.24) is 10.2 Å². The first kappa shape index (κ1) is 11.9. The van der Waals surface area contributed by atoms with Gasteiger partial charge in [0.25, 0.3) is 0 Å². The zero-order valence-electron chi connectivity index (χ0n) is 9.85. The van der Waals surface area contributed by atoms with Crippen LogP contribution in [-0.4, -0.2) is 23.1 Å². The quantitative estimate of drug-likeness (QED) is 0.784. The van der Waals surface area contributed by atoms with Crippen molar-refractivity contribution < 1.29 is 4.42 Å². The number of benzene rings is 1. The van der Waals surface area contributed by atoms with Gasteiger partial charge in [-0.25, -0.2) is 0 Å². The smallest absolute Gasteiger partial charge is 0.322 e. The Labute approximate surface area is 105 Å². The molecule has 2 aromatic rings. The summed E-state index contributed by atoms with van der Waals surface area (Å²) in [5, 5.41) is 7.92. The third-order valence-electron chi connectivity index (χ3n) is 2.44. The van der Waals surface area contributed by atoms with E-state index >= 15 is 0 Å². The summed E-state index contributed by atoms with van der Waals surface area (Å²) >= 11 is 5.62. The highest BCUT2D eigenvalue weighted by molar-refractivity contribution is 6.17. The molecule has 0 saturated heterocycles. The summed E-state index contributed by atoms with van der Waals surface area (Å²) in [6.07, 6.45) is 0.593. The molecule has 2 rings (SSSR count). The molecule has 0 atom stereocenters. The topological polar surface area (TPSA) is 42.2 Å². The number of hydrogen-bond acceptors (Lipinski definition) is 4. The van der Waals surface area contributed by atoms with E-state index in [0.717, 1.165) is 5.69 Å². The number of rotatable bonds is 4. The second-order valence-corrected chi connectivity index (χ2v) is 4.19. The van der Waals surface area contributed by atoms with Crippen LogP contribution >= 0.6 is 11.6 Å². The van der Waals surface area contributed by atoms with Gasteiger partial charge in [0.15, 0.2) is 0 Å². The molecule has 4 nitrogen and oxygen atoms in total. The zero-order chi connectivity index (χ0) is 12.3. The van der Waals surface area contributed by atoms with E-state index in [1.165, 1.54) is 5.56 Å². The van der Waals surface area contributed by atoms with Crippen LogP contribution in [0.3, 0.4) is 0 Å². The minimum absolute atomic E-state index is 0.482. The van der Waals surface area contributed by atoms with Crippen molar-refractivity contribution in [1.29, 1.82) is 0 Å². The van der Waals surface area contributed by atoms with Crippen LogP contribution < -0.4 is 4.90 Å². The van der Waals surface area contributed by atoms with Crippen molar-refractivity contribution in [2.24, 2.45) is 0 Å². The summed E-state index contributed by atoms with van der Waals surface area (Å²) in [5.74, 6) is 1.05. The van der Waals surface area contributed by atoms with Gasteiger partial charge >= 0.3 is 6.01 Å². The van der Waals surface area contributed by atoms with Gasteiger partial charge in [-0.1, -0.05) is 17.2 Å². The van der Waals surface area contributed by atoms with Gasteiger partial charge < -0.3 is 4.42 Å². The van der Waals surface area contributed by atoms with Gasteiger partial charge in [-0.2, -0.15) is 0 Å². The van der Waals surface area contributed by atoms with E-state index in [1.807, 2.05) is 37.1 Å². The molecule has 0 aliphatic rings. The first-order valence-electron chi connectivity index (χ1n) is 5.39. The number of aromatic nitrogens is 2. The number of halogens is 1. The summed E-state index contributed by atoms with van der Waals surface area (Å²) in [4.78, 5) is 1.86. The molecule has 0 N–H and O–H groups in total. The van der Waals surface area contributed by atoms with Crippen LogP contribution in [0.1, 0.15) is 11.5 Å². The lowest BCUT2D eigenvalue weighted by atomic mass is 10.2. The summed E-state index contributed by atoms with van der Waals surface area (Å²) in [6.45, 7) is 2.05. The fourth-order valence-corrected chi connectivity index (χ4v) is 1.67. The molecule has 0 amide bonds. The number of nitrogens with zero attached hydrogens (tertiary/aromatic N) is 3. The Morgan fingerprint density at radius 2 is 2.18 bits per heavy atom. The van der Waals surface area contributed by atoms with Gasteiger partial charge in [-0.3, -0.25) is 4.90 Å². The van der Waals surface area contributed by atoms with E-state index in [-0.39, 0.29) is 0 Å². The molecule has 1 aromatic carbocycles. The third kappa shape index (κ3) is 2.77. The fourth-order valence-electron chi connectivity index (χ4n) is 1.51. The average molecular weight is 252 g/mol. The van der Waals surface area contributed by atoms with Crippen LogP contribution in [0.2, 0.25) is 0 Å². The molecule has 0 aliphatic heterocycles. The average Bonchev–Trinajstić information content (AvgIpc) is 2.77. The van der Waals surface area contributed by atoms with E-state index in [0.29, 0.717) is 24.2 Å². The Bertz CT molecular complexity index is 498. The van der Waals surface area contributed by atoms with E-state index < -0.39 is 0 Å². The van der Waals surface area contributed by atoms with Gasteiger partial charge in [0.05, 0.1) is 0 Å². The van der Waals surface area contributed by atoms with Gasteiger partial charge in [0.1, 0.15) is 0 Å². The Balaban J connectivity index is 2.21. The Kier molecular flexibility index (Phi) is 3.64. The minimum atomic E-state index is 0.482. The zero-order valence-corrected chi connectivity index (χ0v) is 10.6. The summed E-state index contributed by atoms with van der Waals surface area (Å²) in [5.41, 5.74) is 2.21. The van der Waals surface area contributed by atoms with E-state index in [9.17, 15) is 0 Å². The molecule has 0 unspecified atom stereocenters. The van der Waals surface area contributed by atoms with Gasteiger partial charge in [-0.15, -0.1) is 16.7 Å². The molecule has 0 aliphatic carbocycles. The maximum absolute atomic E-state index is 5.62. The van der Waals surface area contributed by atoms with Crippen LogP contribution in [0.5, 0.6) is 0 Å². The number of hydrogen-bond donors (Lipinski definition) is 0. The monoisotopic (exact) mass is 251 g/mol. The van der Waals surface area contributed by atoms with Crippen molar-refractivity contribution in [3.63, 3.8) is 0 Å². The molecule has 0 bridgehead atoms. The van der Waals surface area contributed by atoms with Crippen LogP contribution in [0.4, 0.5) is 11.7 Å². The van der Waals surface area contributed by atoms with E-state index in [1.54, 1.807) is 0 Å². The first-order chi connectivity index (χ1) is 8.20. The summed E-state index contributed by atoms with van der Waals surface area (Å²) in [7, 11) is 1.90. The van der Waals surface area contributed by atoms with Crippen molar-refractivity contribution in [3.05, 3.63) is 35.7 Å². The lowest BCUT2D eigenvalue weighted by Gasteiger charge is -2.14. The first-order valence-corrected chi connectivity index (χ1v) is 5.93. The summed E-state index contributed by atoms with van der Waals surface area (Å²) in [6, 6.07) is 8.58. The van der Waals surface area contributed by atoms with Crippen LogP contribution in [0.25, 0.3) is 0 Å². The Morgan fingerprint density at radius 3 is 2.88 bits per heavy atom. The highest BCUT2D eigenvalue weighted by atomic mass is 35.5. The van der Waals surface area contributed by atoms with Crippen LogP contribution in [-0.2, 0) is 6.42 Å². The molecule has 0 spiro atoms. The molecule has 90 valence electrons. The van der Waals surface area contributed by atoms with Crippen molar-refractivity contribution in [2.45, 2.75) is 13.3 Å². The Hall–Kier alpha value is -1.55. The minimum Gasteiger partial charge on any atom is -0.408 e. The van der Waals surface area contributed by atoms with E-state index in [2.05, 4.69) is 16.3 Å². The molecule has 5 heteroatoms. The van der Waals surface area contributed by atoms with Crippen LogP contribution in [0.15, 0.2) is 28.7 Å². The maximum Gasteiger partial charge on any atom is 0.322 e. The largest absolute Gasteiger partial charge is 0.408 e. The van der Waals surface area contributed by atoms with E-state index in [4.69, 9.17) is 16.0 Å². The number of alkyl halides is 1. The highest BCUT2D eigenvalue weighted by Crippen LogP contribution is 2.22. The lowest BCUT2D eigenvalue weighted by molar-refractivity contribution is 0.505. The Morgan fingerprint density at radius 1 is 1.35 bits per heavy atom. The normalized spacial score (nSPS) is 10.5. The molecule has 0 saturated carbocycles. The fraction of sp³-hybridized carbons (Fsp3) is 0.333. The SMILES string of the molecule is Cc1cccc(N(C)c2nnc(CCCl)o2)c1. The maximum atomic E-state index is 5.62. The second-order valence-electron chi connectivity index (χ2n) is 3.82. The highest BCUT2D eigenvalue weighted by Gasteiger charge is 2.11. The van der Waals surface area contributed by atoms with Crippen molar-refractivity contribution in [3.8, 4) is 0 Å². The van der Waals surface area contributed by atoms with Crippen molar-refractivity contribution >= 4 is 23.3 Å².